The number of aromatic amines is 1. The summed E-state index contributed by atoms with van der Waals surface area (Å²) in [6.45, 7) is 2.85. The van der Waals surface area contributed by atoms with Crippen molar-refractivity contribution >= 4 is 23.4 Å². The molecule has 0 spiro atoms. The van der Waals surface area contributed by atoms with E-state index in [1.165, 1.54) is 12.8 Å². The zero-order chi connectivity index (χ0) is 17.9. The second-order valence-corrected chi connectivity index (χ2v) is 6.76. The summed E-state index contributed by atoms with van der Waals surface area (Å²) in [6.07, 6.45) is 3.44. The molecule has 3 N–H and O–H groups in total. The first-order chi connectivity index (χ1) is 12.7. The summed E-state index contributed by atoms with van der Waals surface area (Å²) < 4.78 is 0. The Labute approximate surface area is 156 Å². The molecule has 1 fully saturated rings. The molecular formula is C18H20ClN7. The molecule has 3 heterocycles. The van der Waals surface area contributed by atoms with Crippen LogP contribution < -0.4 is 10.6 Å². The molecule has 0 amide bonds. The smallest absolute Gasteiger partial charge is 0.247 e. The predicted molar refractivity (Wildman–Crippen MR) is 101 cm³/mol. The Bertz CT molecular complexity index is 902. The number of nitrogens with one attached hydrogen (secondary N) is 3. The Hall–Kier alpha value is -2.51. The van der Waals surface area contributed by atoms with Gasteiger partial charge in [0, 0.05) is 17.7 Å². The highest BCUT2D eigenvalue weighted by molar-refractivity contribution is 6.33. The van der Waals surface area contributed by atoms with Crippen molar-refractivity contribution in [2.75, 3.05) is 11.9 Å². The molecular weight excluding hydrogens is 350 g/mol. The number of hydrogen-bond acceptors (Lipinski definition) is 6. The van der Waals surface area contributed by atoms with Crippen LogP contribution in [0.5, 0.6) is 0 Å². The van der Waals surface area contributed by atoms with Gasteiger partial charge in [0.05, 0.1) is 10.7 Å². The van der Waals surface area contributed by atoms with Gasteiger partial charge in [0.15, 0.2) is 5.82 Å². The summed E-state index contributed by atoms with van der Waals surface area (Å²) >= 11 is 6.37. The molecule has 7 nitrogen and oxygen atoms in total. The quantitative estimate of drug-likeness (QED) is 0.648. The van der Waals surface area contributed by atoms with Gasteiger partial charge >= 0.3 is 0 Å². The molecule has 1 aromatic carbocycles. The van der Waals surface area contributed by atoms with E-state index in [0.717, 1.165) is 30.0 Å². The molecule has 1 saturated heterocycles. The first-order valence-electron chi connectivity index (χ1n) is 8.72. The summed E-state index contributed by atoms with van der Waals surface area (Å²) in [7, 11) is 0. The van der Waals surface area contributed by atoms with Gasteiger partial charge < -0.3 is 10.6 Å². The zero-order valence-electron chi connectivity index (χ0n) is 14.5. The summed E-state index contributed by atoms with van der Waals surface area (Å²) in [5, 5.41) is 14.3. The molecule has 0 saturated carbocycles. The van der Waals surface area contributed by atoms with Crippen LogP contribution in [-0.2, 0) is 0 Å². The molecule has 3 aromatic rings. The fraction of sp³-hybridized carbons (Fsp3) is 0.333. The van der Waals surface area contributed by atoms with Gasteiger partial charge in [-0.3, -0.25) is 5.10 Å². The molecule has 4 rings (SSSR count). The third-order valence-corrected chi connectivity index (χ3v) is 4.69. The van der Waals surface area contributed by atoms with E-state index in [4.69, 9.17) is 16.6 Å². The summed E-state index contributed by atoms with van der Waals surface area (Å²) in [5.41, 5.74) is 1.76. The summed E-state index contributed by atoms with van der Waals surface area (Å²) in [5.74, 6) is 2.46. The average molecular weight is 370 g/mol. The van der Waals surface area contributed by atoms with Crippen molar-refractivity contribution in [3.05, 3.63) is 46.9 Å². The van der Waals surface area contributed by atoms with Crippen LogP contribution in [0.4, 0.5) is 11.8 Å². The molecule has 26 heavy (non-hydrogen) atoms. The number of aryl methyl sites for hydroxylation is 1. The molecule has 1 aliphatic rings. The minimum absolute atomic E-state index is 0.211. The normalized spacial score (nSPS) is 17.2. The second kappa shape index (κ2) is 7.39. The predicted octanol–water partition coefficient (Wildman–Crippen LogP) is 3.78. The van der Waals surface area contributed by atoms with Gasteiger partial charge in [-0.05, 0) is 38.4 Å². The number of anilines is 2. The van der Waals surface area contributed by atoms with Crippen molar-refractivity contribution in [1.29, 1.82) is 0 Å². The van der Waals surface area contributed by atoms with E-state index in [1.807, 2.05) is 37.3 Å². The van der Waals surface area contributed by atoms with E-state index in [1.54, 1.807) is 0 Å². The van der Waals surface area contributed by atoms with Crippen molar-refractivity contribution in [2.45, 2.75) is 32.2 Å². The molecule has 1 atom stereocenters. The monoisotopic (exact) mass is 369 g/mol. The molecule has 1 unspecified atom stereocenters. The van der Waals surface area contributed by atoms with Crippen LogP contribution in [-0.4, -0.2) is 31.7 Å². The number of halogens is 1. The maximum Gasteiger partial charge on any atom is 0.247 e. The van der Waals surface area contributed by atoms with E-state index in [0.29, 0.717) is 22.6 Å². The molecule has 0 aliphatic carbocycles. The largest absolute Gasteiger partial charge is 0.309 e. The molecule has 0 bridgehead atoms. The highest BCUT2D eigenvalue weighted by atomic mass is 35.5. The van der Waals surface area contributed by atoms with Gasteiger partial charge in [-0.1, -0.05) is 30.2 Å². The first kappa shape index (κ1) is 16.9. The standard InChI is InChI=1S/C18H20ClN7/c1-11-21-18(26-25-11)24-16-10-15(14-8-4-5-9-20-14)22-17(23-16)12-6-2-3-7-13(12)19/h2-3,6-7,10,14,20H,4-5,8-9H2,1H3,(H2,21,22,23,24,25,26). The Morgan fingerprint density at radius 3 is 2.77 bits per heavy atom. The van der Waals surface area contributed by atoms with E-state index in [9.17, 15) is 0 Å². The van der Waals surface area contributed by atoms with Gasteiger partial charge in [0.25, 0.3) is 0 Å². The van der Waals surface area contributed by atoms with Crippen molar-refractivity contribution in [3.8, 4) is 11.4 Å². The van der Waals surface area contributed by atoms with E-state index < -0.39 is 0 Å². The Morgan fingerprint density at radius 1 is 1.15 bits per heavy atom. The SMILES string of the molecule is Cc1nc(Nc2cc(C3CCCCN3)nc(-c3ccccc3Cl)n2)n[nH]1. The third kappa shape index (κ3) is 3.68. The zero-order valence-corrected chi connectivity index (χ0v) is 15.2. The Balaban J connectivity index is 1.74. The van der Waals surface area contributed by atoms with Crippen LogP contribution in [0.3, 0.4) is 0 Å². The number of benzene rings is 1. The number of nitrogens with zero attached hydrogens (tertiary/aromatic N) is 4. The highest BCUT2D eigenvalue weighted by Crippen LogP contribution is 2.29. The minimum Gasteiger partial charge on any atom is -0.309 e. The van der Waals surface area contributed by atoms with E-state index in [-0.39, 0.29) is 6.04 Å². The number of rotatable bonds is 4. The maximum absolute atomic E-state index is 6.37. The Morgan fingerprint density at radius 2 is 2.04 bits per heavy atom. The molecule has 1 aliphatic heterocycles. The molecule has 0 radical (unpaired) electrons. The van der Waals surface area contributed by atoms with Crippen molar-refractivity contribution < 1.29 is 0 Å². The molecule has 8 heteroatoms. The van der Waals surface area contributed by atoms with Crippen LogP contribution in [0.1, 0.15) is 36.8 Å². The summed E-state index contributed by atoms with van der Waals surface area (Å²) in [4.78, 5) is 13.7. The number of aromatic nitrogens is 5. The maximum atomic E-state index is 6.37. The number of piperidine rings is 1. The van der Waals surface area contributed by atoms with Crippen molar-refractivity contribution in [3.63, 3.8) is 0 Å². The van der Waals surface area contributed by atoms with Gasteiger partial charge in [0.2, 0.25) is 5.95 Å². The highest BCUT2D eigenvalue weighted by Gasteiger charge is 2.19. The fourth-order valence-corrected chi connectivity index (χ4v) is 3.31. The van der Waals surface area contributed by atoms with Crippen LogP contribution in [0.2, 0.25) is 5.02 Å². The van der Waals surface area contributed by atoms with Gasteiger partial charge in [0.1, 0.15) is 11.6 Å². The van der Waals surface area contributed by atoms with Gasteiger partial charge in [-0.15, -0.1) is 5.10 Å². The van der Waals surface area contributed by atoms with E-state index in [2.05, 4.69) is 30.8 Å². The minimum atomic E-state index is 0.211. The van der Waals surface area contributed by atoms with Crippen molar-refractivity contribution in [2.24, 2.45) is 0 Å². The van der Waals surface area contributed by atoms with Gasteiger partial charge in [-0.25, -0.2) is 9.97 Å². The third-order valence-electron chi connectivity index (χ3n) is 4.37. The summed E-state index contributed by atoms with van der Waals surface area (Å²) in [6, 6.07) is 9.76. The molecule has 2 aromatic heterocycles. The van der Waals surface area contributed by atoms with Crippen LogP contribution in [0.15, 0.2) is 30.3 Å². The second-order valence-electron chi connectivity index (χ2n) is 6.35. The lowest BCUT2D eigenvalue weighted by Gasteiger charge is -2.23. The first-order valence-corrected chi connectivity index (χ1v) is 9.10. The fourth-order valence-electron chi connectivity index (χ4n) is 3.09. The Kier molecular flexibility index (Phi) is 4.81. The van der Waals surface area contributed by atoms with Crippen LogP contribution >= 0.6 is 11.6 Å². The van der Waals surface area contributed by atoms with Crippen LogP contribution in [0, 0.1) is 6.92 Å². The number of hydrogen-bond donors (Lipinski definition) is 3. The lowest BCUT2D eigenvalue weighted by atomic mass is 10.0. The lowest BCUT2D eigenvalue weighted by Crippen LogP contribution is -2.27. The van der Waals surface area contributed by atoms with Gasteiger partial charge in [-0.2, -0.15) is 4.98 Å². The average Bonchev–Trinajstić information content (AvgIpc) is 3.07. The lowest BCUT2D eigenvalue weighted by molar-refractivity contribution is 0.405. The number of H-pyrrole nitrogens is 1. The van der Waals surface area contributed by atoms with Crippen LogP contribution in [0.25, 0.3) is 11.4 Å². The molecule has 134 valence electrons. The van der Waals surface area contributed by atoms with Crippen molar-refractivity contribution in [1.82, 2.24) is 30.5 Å². The topological polar surface area (TPSA) is 91.4 Å². The van der Waals surface area contributed by atoms with E-state index >= 15 is 0 Å².